The zero-order valence-corrected chi connectivity index (χ0v) is 25.4. The maximum Gasteiger partial charge on any atom is 0.416 e. The lowest BCUT2D eigenvalue weighted by atomic mass is 10.1. The van der Waals surface area contributed by atoms with Crippen molar-refractivity contribution < 1.29 is 37.0 Å². The number of halogens is 3. The van der Waals surface area contributed by atoms with Gasteiger partial charge in [0, 0.05) is 24.2 Å². The lowest BCUT2D eigenvalue weighted by Crippen LogP contribution is -2.37. The van der Waals surface area contributed by atoms with E-state index in [0.29, 0.717) is 47.1 Å². The summed E-state index contributed by atoms with van der Waals surface area (Å²) >= 11 is 0. The van der Waals surface area contributed by atoms with E-state index in [-0.39, 0.29) is 13.2 Å². The Kier molecular flexibility index (Phi) is 10.7. The zero-order chi connectivity index (χ0) is 32.6. The third-order valence-electron chi connectivity index (χ3n) is 6.88. The molecule has 2 amide bonds. The van der Waals surface area contributed by atoms with Gasteiger partial charge in [0.05, 0.1) is 37.1 Å². The normalized spacial score (nSPS) is 11.4. The number of methoxy groups -OCH3 is 1. The van der Waals surface area contributed by atoms with Crippen LogP contribution in [0.2, 0.25) is 0 Å². The summed E-state index contributed by atoms with van der Waals surface area (Å²) in [5, 5.41) is 3.45. The predicted octanol–water partition coefficient (Wildman–Crippen LogP) is 6.73. The lowest BCUT2D eigenvalue weighted by Gasteiger charge is -2.24. The molecule has 3 aromatic carbocycles. The van der Waals surface area contributed by atoms with Crippen LogP contribution in [-0.4, -0.2) is 44.1 Å². The highest BCUT2D eigenvalue weighted by atomic mass is 19.4. The maximum atomic E-state index is 13.2. The summed E-state index contributed by atoms with van der Waals surface area (Å²) < 4.78 is 56.3. The highest BCUT2D eigenvalue weighted by Crippen LogP contribution is 2.39. The smallest absolute Gasteiger partial charge is 0.416 e. The van der Waals surface area contributed by atoms with Gasteiger partial charge in [-0.15, -0.1) is 0 Å². The van der Waals surface area contributed by atoms with E-state index < -0.39 is 23.6 Å². The summed E-state index contributed by atoms with van der Waals surface area (Å²) in [6.07, 6.45) is -1.22. The van der Waals surface area contributed by atoms with Crippen molar-refractivity contribution >= 4 is 34.5 Å². The Morgan fingerprint density at radius 2 is 1.73 bits per heavy atom. The molecular formula is C34H34F3N3O5. The summed E-state index contributed by atoms with van der Waals surface area (Å²) in [5.41, 5.74) is 2.24. The number of alkyl halides is 3. The molecule has 0 bridgehead atoms. The zero-order valence-electron chi connectivity index (χ0n) is 25.4. The number of carbonyl (C=O) groups excluding carboxylic acids is 2. The minimum absolute atomic E-state index is 0.0678. The molecular weight excluding hydrogens is 587 g/mol. The van der Waals surface area contributed by atoms with Gasteiger partial charge in [-0.1, -0.05) is 37.3 Å². The molecule has 0 aliphatic rings. The fraction of sp³-hybridized carbons (Fsp3) is 0.265. The molecule has 0 atom stereocenters. The number of aryl methyl sites for hydroxylation is 1. The topological polar surface area (TPSA) is 90.0 Å². The standard InChI is InChI=1S/C34H34F3N3O5/c1-5-19-44-33-26(21-45-29-8-6-7-24-13-9-22(2)39-32(24)29)28(43-4)17-16-27(33)40(3)31(42)20-38-30(41)18-12-23-10-14-25(15-11-23)34(35,36)37/h6-18H,5,19-21H2,1-4H3,(H,38,41)/b18-12+. The first-order valence-electron chi connectivity index (χ1n) is 14.2. The van der Waals surface area contributed by atoms with E-state index >= 15 is 0 Å². The second kappa shape index (κ2) is 14.6. The van der Waals surface area contributed by atoms with Crippen LogP contribution >= 0.6 is 0 Å². The summed E-state index contributed by atoms with van der Waals surface area (Å²) in [6.45, 7) is 3.97. The fourth-order valence-corrected chi connectivity index (χ4v) is 4.47. The van der Waals surface area contributed by atoms with E-state index in [2.05, 4.69) is 10.3 Å². The molecule has 0 aliphatic heterocycles. The van der Waals surface area contributed by atoms with Gasteiger partial charge in [-0.2, -0.15) is 13.2 Å². The van der Waals surface area contributed by atoms with Crippen molar-refractivity contribution in [1.29, 1.82) is 0 Å². The number of nitrogens with zero attached hydrogens (tertiary/aromatic N) is 2. The first kappa shape index (κ1) is 32.8. The van der Waals surface area contributed by atoms with Crippen molar-refractivity contribution in [2.45, 2.75) is 33.1 Å². The number of hydrogen-bond acceptors (Lipinski definition) is 6. The molecule has 45 heavy (non-hydrogen) atoms. The van der Waals surface area contributed by atoms with Gasteiger partial charge in [-0.25, -0.2) is 4.98 Å². The molecule has 0 spiro atoms. The number of carbonyl (C=O) groups is 2. The van der Waals surface area contributed by atoms with Crippen LogP contribution < -0.4 is 24.4 Å². The van der Waals surface area contributed by atoms with Gasteiger partial charge >= 0.3 is 6.18 Å². The first-order chi connectivity index (χ1) is 21.5. The number of aromatic nitrogens is 1. The van der Waals surface area contributed by atoms with Crippen molar-refractivity contribution in [2.75, 3.05) is 32.2 Å². The van der Waals surface area contributed by atoms with Crippen LogP contribution in [0.1, 0.15) is 35.7 Å². The predicted molar refractivity (Wildman–Crippen MR) is 166 cm³/mol. The molecule has 0 aliphatic carbocycles. The van der Waals surface area contributed by atoms with Crippen LogP contribution in [0.3, 0.4) is 0 Å². The number of anilines is 1. The molecule has 236 valence electrons. The first-order valence-corrected chi connectivity index (χ1v) is 14.2. The van der Waals surface area contributed by atoms with Crippen LogP contribution in [-0.2, 0) is 22.4 Å². The Morgan fingerprint density at radius 1 is 0.978 bits per heavy atom. The molecule has 0 unspecified atom stereocenters. The van der Waals surface area contributed by atoms with E-state index in [0.717, 1.165) is 34.8 Å². The number of amides is 2. The van der Waals surface area contributed by atoms with E-state index in [9.17, 15) is 22.8 Å². The minimum atomic E-state index is -4.45. The Labute approximate surface area is 259 Å². The molecule has 1 N–H and O–H groups in total. The summed E-state index contributed by atoms with van der Waals surface area (Å²) in [5.74, 6) is 0.489. The van der Waals surface area contributed by atoms with Crippen LogP contribution in [0, 0.1) is 6.92 Å². The van der Waals surface area contributed by atoms with Crippen LogP contribution in [0.5, 0.6) is 17.2 Å². The number of ether oxygens (including phenoxy) is 3. The molecule has 0 radical (unpaired) electrons. The SMILES string of the molecule is CCCOc1c(N(C)C(=O)CNC(=O)/C=C/c2ccc(C(F)(F)F)cc2)ccc(OC)c1COc1cccc2ccc(C)nc12. The molecule has 0 saturated carbocycles. The van der Waals surface area contributed by atoms with E-state index in [4.69, 9.17) is 14.2 Å². The number of para-hydroxylation sites is 1. The van der Waals surface area contributed by atoms with E-state index in [1.54, 1.807) is 19.2 Å². The second-order valence-corrected chi connectivity index (χ2v) is 10.1. The Hall–Kier alpha value is -5.06. The molecule has 1 aromatic heterocycles. The average Bonchev–Trinajstić information content (AvgIpc) is 3.03. The second-order valence-electron chi connectivity index (χ2n) is 10.1. The van der Waals surface area contributed by atoms with Gasteiger partial charge in [0.25, 0.3) is 0 Å². The maximum absolute atomic E-state index is 13.2. The van der Waals surface area contributed by atoms with Gasteiger partial charge in [0.15, 0.2) is 5.75 Å². The van der Waals surface area contributed by atoms with Crippen LogP contribution in [0.15, 0.2) is 72.8 Å². The van der Waals surface area contributed by atoms with Crippen molar-refractivity contribution in [1.82, 2.24) is 10.3 Å². The Balaban J connectivity index is 1.50. The Bertz CT molecular complexity index is 1690. The molecule has 1 heterocycles. The van der Waals surface area contributed by atoms with Crippen molar-refractivity contribution in [3.05, 3.63) is 95.2 Å². The largest absolute Gasteiger partial charge is 0.496 e. The van der Waals surface area contributed by atoms with Gasteiger partial charge in [-0.05, 0) is 61.4 Å². The number of fused-ring (bicyclic) bond motifs is 1. The molecule has 11 heteroatoms. The number of pyridine rings is 1. The number of rotatable bonds is 12. The minimum Gasteiger partial charge on any atom is -0.496 e. The summed E-state index contributed by atoms with van der Waals surface area (Å²) in [6, 6.07) is 17.4. The molecule has 0 saturated heterocycles. The van der Waals surface area contributed by atoms with Crippen LogP contribution in [0.25, 0.3) is 17.0 Å². The van der Waals surface area contributed by atoms with Gasteiger partial charge in [-0.3, -0.25) is 9.59 Å². The highest BCUT2D eigenvalue weighted by Gasteiger charge is 2.29. The highest BCUT2D eigenvalue weighted by molar-refractivity contribution is 6.00. The Morgan fingerprint density at radius 3 is 2.42 bits per heavy atom. The van der Waals surface area contributed by atoms with Gasteiger partial charge < -0.3 is 24.4 Å². The molecule has 0 fully saturated rings. The lowest BCUT2D eigenvalue weighted by molar-refractivity contribution is -0.137. The van der Waals surface area contributed by atoms with Crippen molar-refractivity contribution in [3.8, 4) is 17.2 Å². The third kappa shape index (κ3) is 8.31. The van der Waals surface area contributed by atoms with E-state index in [1.165, 1.54) is 30.2 Å². The molecule has 8 nitrogen and oxygen atoms in total. The van der Waals surface area contributed by atoms with Crippen LogP contribution in [0.4, 0.5) is 18.9 Å². The van der Waals surface area contributed by atoms with Crippen molar-refractivity contribution in [3.63, 3.8) is 0 Å². The summed E-state index contributed by atoms with van der Waals surface area (Å²) in [4.78, 5) is 31.5. The number of hydrogen-bond donors (Lipinski definition) is 1. The number of likely N-dealkylation sites (N-methyl/N-ethyl adjacent to an activating group) is 1. The molecule has 4 aromatic rings. The van der Waals surface area contributed by atoms with Gasteiger partial charge in [0.2, 0.25) is 11.8 Å². The average molecular weight is 622 g/mol. The van der Waals surface area contributed by atoms with Gasteiger partial charge in [0.1, 0.15) is 23.6 Å². The van der Waals surface area contributed by atoms with Crippen molar-refractivity contribution in [2.24, 2.45) is 0 Å². The number of benzene rings is 3. The summed E-state index contributed by atoms with van der Waals surface area (Å²) in [7, 11) is 3.10. The molecule has 4 rings (SSSR count). The third-order valence-corrected chi connectivity index (χ3v) is 6.88. The monoisotopic (exact) mass is 621 g/mol. The van der Waals surface area contributed by atoms with E-state index in [1.807, 2.05) is 44.2 Å². The number of nitrogens with one attached hydrogen (secondary N) is 1. The quantitative estimate of drug-likeness (QED) is 0.177. The fourth-order valence-electron chi connectivity index (χ4n) is 4.47.